The van der Waals surface area contributed by atoms with Crippen molar-refractivity contribution in [1.82, 2.24) is 5.01 Å². The normalized spacial score (nSPS) is 11.7. The summed E-state index contributed by atoms with van der Waals surface area (Å²) >= 11 is 0. The number of hydrazone groups is 1. The Kier molecular flexibility index (Phi) is 5.55. The van der Waals surface area contributed by atoms with Gasteiger partial charge in [0.15, 0.2) is 5.82 Å². The minimum absolute atomic E-state index is 0.233. The van der Waals surface area contributed by atoms with Gasteiger partial charge in [-0.05, 0) is 19.7 Å². The van der Waals surface area contributed by atoms with Gasteiger partial charge in [0.2, 0.25) is 0 Å². The van der Waals surface area contributed by atoms with Crippen molar-refractivity contribution in [3.8, 4) is 0 Å². The molecular weight excluding hydrogens is 154 g/mol. The van der Waals surface area contributed by atoms with Crippen LogP contribution in [-0.4, -0.2) is 29.8 Å². The lowest BCUT2D eigenvalue weighted by atomic mass is 10.5. The van der Waals surface area contributed by atoms with E-state index in [1.165, 1.54) is 5.01 Å². The smallest absolute Gasteiger partial charge is 0.150 e. The average molecular weight is 167 g/mol. The number of aliphatic hydroxyl groups is 1. The van der Waals surface area contributed by atoms with Gasteiger partial charge in [0.05, 0.1) is 0 Å². The van der Waals surface area contributed by atoms with Crippen molar-refractivity contribution in [3.63, 3.8) is 0 Å². The van der Waals surface area contributed by atoms with Crippen molar-refractivity contribution in [2.24, 2.45) is 10.1 Å². The van der Waals surface area contributed by atoms with Crippen LogP contribution in [0.15, 0.2) is 34.6 Å². The molecule has 0 aliphatic rings. The third-order valence-electron chi connectivity index (χ3n) is 1.08. The molecule has 0 aliphatic carbocycles. The van der Waals surface area contributed by atoms with Crippen LogP contribution < -0.4 is 0 Å². The van der Waals surface area contributed by atoms with Gasteiger partial charge in [-0.3, -0.25) is 0 Å². The fraction of sp³-hybridized carbons (Fsp3) is 0.250. The van der Waals surface area contributed by atoms with Crippen molar-refractivity contribution < 1.29 is 5.11 Å². The monoisotopic (exact) mass is 167 g/mol. The fourth-order valence-electron chi connectivity index (χ4n) is 0.633. The number of rotatable bonds is 5. The van der Waals surface area contributed by atoms with E-state index in [0.29, 0.717) is 5.82 Å². The van der Waals surface area contributed by atoms with Gasteiger partial charge in [0.1, 0.15) is 6.73 Å². The van der Waals surface area contributed by atoms with E-state index in [-0.39, 0.29) is 6.73 Å². The number of hydrogen-bond donors (Lipinski definition) is 1. The fourth-order valence-corrected chi connectivity index (χ4v) is 0.633. The number of aliphatic imine (C=N–C) groups is 1. The molecule has 1 N–H and O–H groups in total. The minimum atomic E-state index is -0.233. The second-order valence-corrected chi connectivity index (χ2v) is 1.83. The van der Waals surface area contributed by atoms with E-state index in [1.54, 1.807) is 25.3 Å². The molecule has 66 valence electrons. The molecule has 0 saturated heterocycles. The lowest BCUT2D eigenvalue weighted by Gasteiger charge is -2.14. The van der Waals surface area contributed by atoms with Crippen molar-refractivity contribution in [2.75, 3.05) is 6.73 Å². The number of hydrogen-bond acceptors (Lipinski definition) is 4. The third kappa shape index (κ3) is 3.12. The Morgan fingerprint density at radius 2 is 2.33 bits per heavy atom. The SMILES string of the molecule is C=C/C=C(\N=C)N(CO)/N=C\C. The molecule has 4 heteroatoms. The van der Waals surface area contributed by atoms with Gasteiger partial charge >= 0.3 is 0 Å². The van der Waals surface area contributed by atoms with Crippen LogP contribution in [0.4, 0.5) is 0 Å². The van der Waals surface area contributed by atoms with E-state index in [9.17, 15) is 0 Å². The van der Waals surface area contributed by atoms with Crippen LogP contribution in [0.1, 0.15) is 6.92 Å². The van der Waals surface area contributed by atoms with Gasteiger partial charge in [-0.1, -0.05) is 12.7 Å². The van der Waals surface area contributed by atoms with Crippen LogP contribution in [0.3, 0.4) is 0 Å². The minimum Gasteiger partial charge on any atom is -0.374 e. The molecule has 0 saturated carbocycles. The summed E-state index contributed by atoms with van der Waals surface area (Å²) < 4.78 is 0. The summed E-state index contributed by atoms with van der Waals surface area (Å²) in [7, 11) is 0. The Balaban J connectivity index is 4.54. The zero-order valence-electron chi connectivity index (χ0n) is 7.14. The number of nitrogens with zero attached hydrogens (tertiary/aromatic N) is 3. The van der Waals surface area contributed by atoms with E-state index in [4.69, 9.17) is 5.11 Å². The average Bonchev–Trinajstić information content (AvgIpc) is 2.11. The summed E-state index contributed by atoms with van der Waals surface area (Å²) in [5.74, 6) is 0.464. The Labute approximate surface area is 72.2 Å². The van der Waals surface area contributed by atoms with Crippen LogP contribution in [0.2, 0.25) is 0 Å². The van der Waals surface area contributed by atoms with E-state index >= 15 is 0 Å². The van der Waals surface area contributed by atoms with Crippen LogP contribution in [0.25, 0.3) is 0 Å². The van der Waals surface area contributed by atoms with Crippen molar-refractivity contribution in [1.29, 1.82) is 0 Å². The summed E-state index contributed by atoms with van der Waals surface area (Å²) in [6.45, 7) is 8.35. The first-order valence-electron chi connectivity index (χ1n) is 3.46. The zero-order valence-corrected chi connectivity index (χ0v) is 7.14. The summed E-state index contributed by atoms with van der Waals surface area (Å²) in [5.41, 5.74) is 0. The maximum Gasteiger partial charge on any atom is 0.150 e. The second kappa shape index (κ2) is 6.30. The van der Waals surface area contributed by atoms with Crippen LogP contribution in [0, 0.1) is 0 Å². The first-order valence-corrected chi connectivity index (χ1v) is 3.46. The second-order valence-electron chi connectivity index (χ2n) is 1.83. The summed E-state index contributed by atoms with van der Waals surface area (Å²) in [6, 6.07) is 0. The molecule has 0 aromatic carbocycles. The Bertz CT molecular complexity index is 208. The molecule has 0 unspecified atom stereocenters. The number of allylic oxidation sites excluding steroid dienone is 2. The molecule has 0 radical (unpaired) electrons. The van der Waals surface area contributed by atoms with Gasteiger partial charge in [0.25, 0.3) is 0 Å². The Morgan fingerprint density at radius 1 is 1.67 bits per heavy atom. The lowest BCUT2D eigenvalue weighted by Crippen LogP contribution is -2.16. The highest BCUT2D eigenvalue weighted by Gasteiger charge is 2.01. The van der Waals surface area contributed by atoms with Gasteiger partial charge in [-0.15, -0.1) is 0 Å². The molecule has 0 bridgehead atoms. The summed E-state index contributed by atoms with van der Waals surface area (Å²) in [4.78, 5) is 3.66. The first kappa shape index (κ1) is 10.6. The quantitative estimate of drug-likeness (QED) is 0.287. The highest BCUT2D eigenvalue weighted by Crippen LogP contribution is 2.04. The zero-order chi connectivity index (χ0) is 9.40. The van der Waals surface area contributed by atoms with Crippen LogP contribution >= 0.6 is 0 Å². The molecule has 0 rings (SSSR count). The Hall–Kier alpha value is -1.42. The van der Waals surface area contributed by atoms with Crippen LogP contribution in [0.5, 0.6) is 0 Å². The molecule has 0 aromatic heterocycles. The molecular formula is C8H13N3O. The molecule has 0 atom stereocenters. The van der Waals surface area contributed by atoms with Gasteiger partial charge in [0, 0.05) is 6.21 Å². The maximum atomic E-state index is 8.83. The molecule has 12 heavy (non-hydrogen) atoms. The maximum absolute atomic E-state index is 8.83. The molecule has 0 amide bonds. The predicted molar refractivity (Wildman–Crippen MR) is 50.9 cm³/mol. The number of aliphatic hydroxyl groups excluding tert-OH is 1. The van der Waals surface area contributed by atoms with E-state index in [1.807, 2.05) is 0 Å². The van der Waals surface area contributed by atoms with Gasteiger partial charge in [-0.25, -0.2) is 10.0 Å². The van der Waals surface area contributed by atoms with E-state index < -0.39 is 0 Å². The molecule has 0 aromatic rings. The summed E-state index contributed by atoms with van der Waals surface area (Å²) in [5, 5.41) is 14.0. The third-order valence-corrected chi connectivity index (χ3v) is 1.08. The van der Waals surface area contributed by atoms with E-state index in [0.717, 1.165) is 0 Å². The van der Waals surface area contributed by atoms with E-state index in [2.05, 4.69) is 23.4 Å². The highest BCUT2D eigenvalue weighted by molar-refractivity contribution is 5.53. The van der Waals surface area contributed by atoms with Crippen molar-refractivity contribution in [3.05, 3.63) is 24.6 Å². The Morgan fingerprint density at radius 3 is 2.67 bits per heavy atom. The largest absolute Gasteiger partial charge is 0.374 e. The molecule has 4 nitrogen and oxygen atoms in total. The molecule has 0 spiro atoms. The van der Waals surface area contributed by atoms with Gasteiger partial charge in [-0.2, -0.15) is 5.10 Å². The van der Waals surface area contributed by atoms with Crippen LogP contribution in [-0.2, 0) is 0 Å². The topological polar surface area (TPSA) is 48.2 Å². The molecule has 0 heterocycles. The lowest BCUT2D eigenvalue weighted by molar-refractivity contribution is 0.143. The van der Waals surface area contributed by atoms with Crippen molar-refractivity contribution >= 4 is 12.9 Å². The molecule has 0 fully saturated rings. The first-order chi connectivity index (χ1) is 5.79. The summed E-state index contributed by atoms with van der Waals surface area (Å²) in [6.07, 6.45) is 4.71. The predicted octanol–water partition coefficient (Wildman–Crippen LogP) is 0.972. The van der Waals surface area contributed by atoms with Crippen molar-refractivity contribution in [2.45, 2.75) is 6.92 Å². The molecule has 0 aliphatic heterocycles. The standard InChI is InChI=1S/C8H13N3O/c1-4-6-8(9-3)11(7-12)10-5-2/h4-6,12H,1,3,7H2,2H3/b8-6+,10-5-. The highest BCUT2D eigenvalue weighted by atomic mass is 16.3. The van der Waals surface area contributed by atoms with Gasteiger partial charge < -0.3 is 5.11 Å².